The van der Waals surface area contributed by atoms with Gasteiger partial charge in [-0.25, -0.2) is 9.18 Å². The molecule has 1 N–H and O–H groups in total. The van der Waals surface area contributed by atoms with Gasteiger partial charge in [0.2, 0.25) is 11.8 Å². The fourth-order valence-corrected chi connectivity index (χ4v) is 2.53. The minimum absolute atomic E-state index is 0.00628. The van der Waals surface area contributed by atoms with Crippen LogP contribution in [-0.2, 0) is 11.3 Å². The van der Waals surface area contributed by atoms with Gasteiger partial charge in [-0.15, -0.1) is 5.10 Å². The Hall–Kier alpha value is -3.55. The molecule has 28 heavy (non-hydrogen) atoms. The second-order valence-corrected chi connectivity index (χ2v) is 6.14. The van der Waals surface area contributed by atoms with Gasteiger partial charge in [0, 0.05) is 23.2 Å². The van der Waals surface area contributed by atoms with Crippen LogP contribution in [0.1, 0.15) is 30.1 Å². The van der Waals surface area contributed by atoms with Gasteiger partial charge in [0.15, 0.2) is 5.78 Å². The number of carbonyl (C=O) groups is 2. The molecule has 0 saturated carbocycles. The number of nitrogens with one attached hydrogen (secondary N) is 1. The number of benzene rings is 2. The fourth-order valence-electron chi connectivity index (χ4n) is 2.53. The molecular formula is C20H18FN3O4. The Balaban J connectivity index is 1.70. The van der Waals surface area contributed by atoms with Gasteiger partial charge in [0.25, 0.3) is 0 Å². The van der Waals surface area contributed by atoms with Gasteiger partial charge < -0.3 is 9.73 Å². The summed E-state index contributed by atoms with van der Waals surface area (Å²) in [5.41, 5.74) is 1.38. The summed E-state index contributed by atoms with van der Waals surface area (Å²) in [5.74, 6) is -1.63. The predicted octanol–water partition coefficient (Wildman–Crippen LogP) is 3.26. The van der Waals surface area contributed by atoms with Crippen LogP contribution < -0.4 is 11.1 Å². The number of Topliss-reactive ketones (excluding diaryl/α,β-unsaturated/α-hetero) is 1. The third kappa shape index (κ3) is 4.59. The number of rotatable bonds is 7. The Labute approximate surface area is 159 Å². The van der Waals surface area contributed by atoms with E-state index in [-0.39, 0.29) is 24.1 Å². The number of anilines is 1. The van der Waals surface area contributed by atoms with Gasteiger partial charge >= 0.3 is 5.76 Å². The number of ketones is 1. The summed E-state index contributed by atoms with van der Waals surface area (Å²) in [6.07, 6.45) is 1.17. The third-order valence-electron chi connectivity index (χ3n) is 3.96. The molecule has 2 aromatic carbocycles. The van der Waals surface area contributed by atoms with E-state index in [2.05, 4.69) is 10.4 Å². The molecule has 7 nitrogen and oxygen atoms in total. The molecule has 0 fully saturated rings. The highest BCUT2D eigenvalue weighted by atomic mass is 19.1. The number of nitrogens with zero attached hydrogens (tertiary/aromatic N) is 2. The van der Waals surface area contributed by atoms with Crippen LogP contribution >= 0.6 is 0 Å². The van der Waals surface area contributed by atoms with E-state index < -0.39 is 11.6 Å². The standard InChI is InChI=1S/C20H18FN3O4/c1-2-3-18(26)22-16-10-6-13(7-11-16)17(25)12-24-20(27)28-19(23-24)14-4-8-15(21)9-5-14/h4-11H,2-3,12H2,1H3,(H,22,26). The molecule has 0 bridgehead atoms. The number of amides is 1. The molecule has 0 aliphatic rings. The molecule has 0 spiro atoms. The zero-order valence-corrected chi connectivity index (χ0v) is 15.1. The first-order valence-corrected chi connectivity index (χ1v) is 8.73. The second-order valence-electron chi connectivity index (χ2n) is 6.14. The first kappa shape index (κ1) is 19.2. The fraction of sp³-hybridized carbons (Fsp3) is 0.200. The first-order valence-electron chi connectivity index (χ1n) is 8.73. The lowest BCUT2D eigenvalue weighted by atomic mass is 10.1. The van der Waals surface area contributed by atoms with Crippen LogP contribution in [0.5, 0.6) is 0 Å². The summed E-state index contributed by atoms with van der Waals surface area (Å²) >= 11 is 0. The molecule has 0 saturated heterocycles. The van der Waals surface area contributed by atoms with E-state index in [1.54, 1.807) is 24.3 Å². The molecule has 0 unspecified atom stereocenters. The normalized spacial score (nSPS) is 10.6. The van der Waals surface area contributed by atoms with Crippen LogP contribution in [0.4, 0.5) is 10.1 Å². The molecule has 3 aromatic rings. The van der Waals surface area contributed by atoms with Crippen molar-refractivity contribution in [2.24, 2.45) is 0 Å². The molecule has 1 amide bonds. The van der Waals surface area contributed by atoms with Crippen molar-refractivity contribution in [3.63, 3.8) is 0 Å². The van der Waals surface area contributed by atoms with E-state index in [0.29, 0.717) is 23.2 Å². The van der Waals surface area contributed by atoms with Gasteiger partial charge in [-0.05, 0) is 55.0 Å². The minimum atomic E-state index is -0.781. The van der Waals surface area contributed by atoms with E-state index in [1.807, 2.05) is 6.92 Å². The molecule has 144 valence electrons. The quantitative estimate of drug-likeness (QED) is 0.632. The summed E-state index contributed by atoms with van der Waals surface area (Å²) < 4.78 is 18.9. The zero-order chi connectivity index (χ0) is 20.1. The predicted molar refractivity (Wildman–Crippen MR) is 100 cm³/mol. The van der Waals surface area contributed by atoms with Crippen molar-refractivity contribution >= 4 is 17.4 Å². The lowest BCUT2D eigenvalue weighted by Crippen LogP contribution is -2.21. The number of aromatic nitrogens is 2. The Kier molecular flexibility index (Phi) is 5.78. The van der Waals surface area contributed by atoms with Gasteiger partial charge in [0.05, 0.1) is 0 Å². The Bertz CT molecular complexity index is 1040. The second kappa shape index (κ2) is 8.43. The van der Waals surface area contributed by atoms with E-state index in [1.165, 1.54) is 24.3 Å². The molecule has 1 heterocycles. The monoisotopic (exact) mass is 383 g/mol. The van der Waals surface area contributed by atoms with Crippen LogP contribution in [0.15, 0.2) is 57.7 Å². The van der Waals surface area contributed by atoms with Gasteiger partial charge in [0.1, 0.15) is 12.4 Å². The third-order valence-corrected chi connectivity index (χ3v) is 3.96. The molecule has 0 aliphatic carbocycles. The summed E-state index contributed by atoms with van der Waals surface area (Å²) in [5, 5.41) is 6.72. The summed E-state index contributed by atoms with van der Waals surface area (Å²) in [7, 11) is 0. The van der Waals surface area contributed by atoms with Crippen LogP contribution in [0.25, 0.3) is 11.5 Å². The zero-order valence-electron chi connectivity index (χ0n) is 15.1. The van der Waals surface area contributed by atoms with E-state index in [4.69, 9.17) is 4.42 Å². The smallest absolute Gasteiger partial charge is 0.388 e. The molecular weight excluding hydrogens is 365 g/mol. The van der Waals surface area contributed by atoms with Crippen molar-refractivity contribution in [1.82, 2.24) is 9.78 Å². The highest BCUT2D eigenvalue weighted by Crippen LogP contribution is 2.16. The molecule has 1 aromatic heterocycles. The van der Waals surface area contributed by atoms with Gasteiger partial charge in [-0.1, -0.05) is 6.92 Å². The lowest BCUT2D eigenvalue weighted by molar-refractivity contribution is -0.116. The molecule has 0 atom stereocenters. The number of hydrogen-bond acceptors (Lipinski definition) is 5. The van der Waals surface area contributed by atoms with Crippen LogP contribution in [0.2, 0.25) is 0 Å². The maximum atomic E-state index is 13.0. The maximum absolute atomic E-state index is 13.0. The minimum Gasteiger partial charge on any atom is -0.388 e. The van der Waals surface area contributed by atoms with Crippen molar-refractivity contribution in [2.75, 3.05) is 5.32 Å². The molecule has 0 aliphatic heterocycles. The van der Waals surface area contributed by atoms with Crippen LogP contribution in [-0.4, -0.2) is 21.5 Å². The summed E-state index contributed by atoms with van der Waals surface area (Å²) in [4.78, 5) is 36.0. The maximum Gasteiger partial charge on any atom is 0.437 e. The number of hydrogen-bond donors (Lipinski definition) is 1. The van der Waals surface area contributed by atoms with Gasteiger partial charge in [-0.2, -0.15) is 4.68 Å². The SMILES string of the molecule is CCCC(=O)Nc1ccc(C(=O)Cn2nc(-c3ccc(F)cc3)oc2=O)cc1. The number of carbonyl (C=O) groups excluding carboxylic acids is 2. The van der Waals surface area contributed by atoms with Crippen molar-refractivity contribution in [1.29, 1.82) is 0 Å². The topological polar surface area (TPSA) is 94.2 Å². The largest absolute Gasteiger partial charge is 0.437 e. The first-order chi connectivity index (χ1) is 13.5. The Morgan fingerprint density at radius 3 is 2.43 bits per heavy atom. The Morgan fingerprint density at radius 1 is 1.11 bits per heavy atom. The Morgan fingerprint density at radius 2 is 1.79 bits per heavy atom. The van der Waals surface area contributed by atoms with Crippen molar-refractivity contribution < 1.29 is 18.4 Å². The molecule has 3 rings (SSSR count). The van der Waals surface area contributed by atoms with E-state index in [9.17, 15) is 18.8 Å². The molecule has 0 radical (unpaired) electrons. The van der Waals surface area contributed by atoms with E-state index >= 15 is 0 Å². The highest BCUT2D eigenvalue weighted by Gasteiger charge is 2.15. The van der Waals surface area contributed by atoms with Crippen molar-refractivity contribution in [3.05, 3.63) is 70.5 Å². The van der Waals surface area contributed by atoms with Crippen molar-refractivity contribution in [2.45, 2.75) is 26.3 Å². The number of halogens is 1. The van der Waals surface area contributed by atoms with Crippen LogP contribution in [0.3, 0.4) is 0 Å². The average Bonchev–Trinajstić information content (AvgIpc) is 3.03. The summed E-state index contributed by atoms with van der Waals surface area (Å²) in [6, 6.07) is 11.7. The lowest BCUT2D eigenvalue weighted by Gasteiger charge is -2.05. The van der Waals surface area contributed by atoms with Crippen LogP contribution in [0, 0.1) is 5.82 Å². The average molecular weight is 383 g/mol. The van der Waals surface area contributed by atoms with Gasteiger partial charge in [-0.3, -0.25) is 9.59 Å². The van der Waals surface area contributed by atoms with Crippen molar-refractivity contribution in [3.8, 4) is 11.5 Å². The van der Waals surface area contributed by atoms with E-state index in [0.717, 1.165) is 11.1 Å². The molecule has 8 heteroatoms. The summed E-state index contributed by atoms with van der Waals surface area (Å²) in [6.45, 7) is 1.61. The highest BCUT2D eigenvalue weighted by molar-refractivity contribution is 5.97.